The van der Waals surface area contributed by atoms with Gasteiger partial charge in [-0.15, -0.1) is 4.91 Å². The van der Waals surface area contributed by atoms with E-state index in [1.165, 1.54) is 5.34 Å². The SMILES string of the molecule is O.O.O.O.O.O=NO.[BiH3]. The van der Waals surface area contributed by atoms with Gasteiger partial charge in [0.1, 0.15) is 0 Å². The van der Waals surface area contributed by atoms with Crippen molar-refractivity contribution < 1.29 is 32.6 Å². The van der Waals surface area contributed by atoms with Gasteiger partial charge in [-0.1, -0.05) is 0 Å². The Kier molecular flexibility index (Phi) is 5250. The molecule has 0 aromatic carbocycles. The van der Waals surface area contributed by atoms with Crippen molar-refractivity contribution in [2.45, 2.75) is 0 Å². The van der Waals surface area contributed by atoms with Crippen molar-refractivity contribution in [1.29, 1.82) is 0 Å². The third-order valence-electron chi connectivity index (χ3n) is 0. The summed E-state index contributed by atoms with van der Waals surface area (Å²) in [6.07, 6.45) is 0. The van der Waals surface area contributed by atoms with Crippen LogP contribution >= 0.6 is 0 Å². The Labute approximate surface area is 69.5 Å². The van der Waals surface area contributed by atoms with Gasteiger partial charge in [0.05, 0.1) is 0 Å². The Morgan fingerprint density at radius 2 is 0.889 bits per heavy atom. The molecule has 0 aromatic heterocycles. The van der Waals surface area contributed by atoms with Gasteiger partial charge in [0, 0.05) is 0 Å². The van der Waals surface area contributed by atoms with Gasteiger partial charge in [-0.2, -0.15) is 0 Å². The molecule has 0 saturated carbocycles. The fourth-order valence-electron chi connectivity index (χ4n) is 0. The van der Waals surface area contributed by atoms with Crippen LogP contribution in [0.25, 0.3) is 0 Å². The van der Waals surface area contributed by atoms with Gasteiger partial charge in [-0.05, 0) is 0 Å². The van der Waals surface area contributed by atoms with Crippen molar-refractivity contribution in [2.75, 3.05) is 0 Å². The van der Waals surface area contributed by atoms with Gasteiger partial charge in [0.25, 0.3) is 0 Å². The number of hydrogen-bond acceptors (Lipinski definition) is 2. The fourth-order valence-corrected chi connectivity index (χ4v) is 0. The topological polar surface area (TPSA) is 207 Å². The molecule has 9 heavy (non-hydrogen) atoms. The van der Waals surface area contributed by atoms with Crippen LogP contribution in [0.2, 0.25) is 0 Å². The van der Waals surface area contributed by atoms with Crippen LogP contribution in [-0.2, 0) is 0 Å². The maximum atomic E-state index is 8.11. The van der Waals surface area contributed by atoms with Crippen LogP contribution < -0.4 is 0 Å². The third-order valence-corrected chi connectivity index (χ3v) is 0. The zero-order chi connectivity index (χ0) is 2.71. The standard InChI is InChI=1S/Bi.HNO2.5H2O.3H/c;2-1-3;;;;;;;;/h;(H,2,3);5*1H2;;;. The second-order valence-electron chi connectivity index (χ2n) is 0.0816. The van der Waals surface area contributed by atoms with E-state index < -0.39 is 0 Å². The summed E-state index contributed by atoms with van der Waals surface area (Å²) >= 11 is 0. The minimum atomic E-state index is 0. The summed E-state index contributed by atoms with van der Waals surface area (Å²) < 4.78 is 0. The van der Waals surface area contributed by atoms with Crippen LogP contribution in [0.5, 0.6) is 0 Å². The van der Waals surface area contributed by atoms with Crippen LogP contribution in [0.4, 0.5) is 0 Å². The van der Waals surface area contributed by atoms with Crippen molar-refractivity contribution in [3.8, 4) is 0 Å². The van der Waals surface area contributed by atoms with E-state index in [1.54, 1.807) is 0 Å². The van der Waals surface area contributed by atoms with E-state index in [0.717, 1.165) is 0 Å². The molecule has 9 heteroatoms. The first kappa shape index (κ1) is 137. The maximum absolute atomic E-state index is 8.11. The normalized spacial score (nSPS) is 1.33. The summed E-state index contributed by atoms with van der Waals surface area (Å²) in [7, 11) is 0. The molecule has 0 atom stereocenters. The van der Waals surface area contributed by atoms with E-state index in [4.69, 9.17) is 10.1 Å². The van der Waals surface area contributed by atoms with Gasteiger partial charge in [-0.25, -0.2) is 0 Å². The third kappa shape index (κ3) is 43300. The van der Waals surface area contributed by atoms with Crippen LogP contribution in [0.1, 0.15) is 0 Å². The van der Waals surface area contributed by atoms with Gasteiger partial charge in [0.2, 0.25) is 0 Å². The molecule has 11 N–H and O–H groups in total. The summed E-state index contributed by atoms with van der Waals surface area (Å²) in [5.74, 6) is 0. The second kappa shape index (κ2) is 346. The molecule has 0 radical (unpaired) electrons. The molecular weight excluding hydrogens is 335 g/mol. The van der Waals surface area contributed by atoms with Gasteiger partial charge >= 0.3 is 26.2 Å². The fraction of sp³-hybridized carbons (Fsp3) is 0. The number of nitrogens with zero attached hydrogens (tertiary/aromatic N) is 1. The van der Waals surface area contributed by atoms with Crippen molar-refractivity contribution in [2.24, 2.45) is 5.34 Å². The summed E-state index contributed by atoms with van der Waals surface area (Å²) in [5.41, 5.74) is 0. The van der Waals surface area contributed by atoms with E-state index in [1.807, 2.05) is 0 Å². The van der Waals surface area contributed by atoms with Crippen molar-refractivity contribution >= 4 is 26.2 Å². The molecular formula is H14BiNO7. The van der Waals surface area contributed by atoms with E-state index >= 15 is 0 Å². The molecule has 0 heterocycles. The summed E-state index contributed by atoms with van der Waals surface area (Å²) in [4.78, 5) is 8.11. The van der Waals surface area contributed by atoms with E-state index in [2.05, 4.69) is 0 Å². The summed E-state index contributed by atoms with van der Waals surface area (Å²) in [6, 6.07) is 0. The van der Waals surface area contributed by atoms with Crippen LogP contribution in [0.3, 0.4) is 0 Å². The molecule has 0 aliphatic heterocycles. The predicted molar refractivity (Wildman–Crippen MR) is 35.6 cm³/mol. The van der Waals surface area contributed by atoms with Crippen LogP contribution in [0.15, 0.2) is 5.34 Å². The zero-order valence-corrected chi connectivity index (χ0v) is 10.0. The number of rotatable bonds is 0. The molecule has 0 bridgehead atoms. The van der Waals surface area contributed by atoms with Gasteiger partial charge < -0.3 is 32.6 Å². The van der Waals surface area contributed by atoms with Crippen LogP contribution in [-0.4, -0.2) is 58.8 Å². The molecule has 0 aliphatic carbocycles. The van der Waals surface area contributed by atoms with Crippen LogP contribution in [0, 0.1) is 4.91 Å². The van der Waals surface area contributed by atoms with Gasteiger partial charge in [-0.3, -0.25) is 0 Å². The molecule has 0 saturated heterocycles. The van der Waals surface area contributed by atoms with Crippen molar-refractivity contribution in [3.05, 3.63) is 4.91 Å². The zero-order valence-electron chi connectivity index (χ0n) is 4.51. The summed E-state index contributed by atoms with van der Waals surface area (Å²) in [6.45, 7) is 0. The molecule has 0 unspecified atom stereocenters. The molecule has 0 rings (SSSR count). The average Bonchev–Trinajstić information content (AvgIpc) is 0.918. The number of hydrogen-bond donors (Lipinski definition) is 1. The van der Waals surface area contributed by atoms with Gasteiger partial charge in [0.15, 0.2) is 5.34 Å². The summed E-state index contributed by atoms with van der Waals surface area (Å²) in [5, 5.41) is 7.89. The Morgan fingerprint density at radius 3 is 0.889 bits per heavy atom. The average molecular weight is 349 g/mol. The molecule has 66 valence electrons. The Hall–Kier alpha value is 0.0831. The predicted octanol–water partition coefficient (Wildman–Crippen LogP) is -5.17. The van der Waals surface area contributed by atoms with Crippen molar-refractivity contribution in [1.82, 2.24) is 0 Å². The first-order valence-electron chi connectivity index (χ1n) is 0.383. The molecule has 0 spiro atoms. The Balaban J connectivity index is -0.00000000133. The minimum absolute atomic E-state index is 0. The van der Waals surface area contributed by atoms with E-state index in [0.29, 0.717) is 0 Å². The molecule has 8 nitrogen and oxygen atoms in total. The molecule has 0 aliphatic rings. The van der Waals surface area contributed by atoms with E-state index in [9.17, 15) is 0 Å². The monoisotopic (exact) mass is 349 g/mol. The van der Waals surface area contributed by atoms with E-state index in [-0.39, 0.29) is 53.6 Å². The quantitative estimate of drug-likeness (QED) is 0.258. The Morgan fingerprint density at radius 1 is 0.889 bits per heavy atom. The van der Waals surface area contributed by atoms with Crippen molar-refractivity contribution in [3.63, 3.8) is 0 Å². The second-order valence-corrected chi connectivity index (χ2v) is 0.0816. The first-order valence-corrected chi connectivity index (χ1v) is 0.383. The molecule has 0 aromatic rings. The Bertz CT molecular complexity index is 16.4. The molecule has 0 fully saturated rings. The first-order chi connectivity index (χ1) is 1.41. The molecule has 0 amide bonds.